The molecule has 0 spiro atoms. The first-order valence-corrected chi connectivity index (χ1v) is 7.37. The SMILES string of the molecule is Cc1cc(C)c(C#N)c(OCC2CCCCC2CN)n1. The van der Waals surface area contributed by atoms with Crippen molar-refractivity contribution in [3.05, 3.63) is 22.9 Å². The molecule has 0 aliphatic heterocycles. The van der Waals surface area contributed by atoms with E-state index in [1.54, 1.807) is 0 Å². The number of pyridine rings is 1. The zero-order valence-corrected chi connectivity index (χ0v) is 12.4. The van der Waals surface area contributed by atoms with Gasteiger partial charge in [0.05, 0.1) is 6.61 Å². The first-order chi connectivity index (χ1) is 9.65. The standard InChI is InChI=1S/C16H23N3O/c1-11-7-12(2)19-16(15(11)9-18)20-10-14-6-4-3-5-13(14)8-17/h7,13-14H,3-6,8,10,17H2,1-2H3. The third kappa shape index (κ3) is 3.29. The van der Waals surface area contributed by atoms with E-state index in [0.717, 1.165) is 24.2 Å². The molecule has 0 saturated heterocycles. The Hall–Kier alpha value is -1.60. The number of hydrogen-bond acceptors (Lipinski definition) is 4. The summed E-state index contributed by atoms with van der Waals surface area (Å²) in [5.74, 6) is 1.51. The molecule has 1 heterocycles. The van der Waals surface area contributed by atoms with Gasteiger partial charge in [0, 0.05) is 5.69 Å². The molecule has 0 amide bonds. The molecular weight excluding hydrogens is 250 g/mol. The molecule has 4 nitrogen and oxygen atoms in total. The van der Waals surface area contributed by atoms with Crippen LogP contribution in [0, 0.1) is 37.0 Å². The normalized spacial score (nSPS) is 22.3. The van der Waals surface area contributed by atoms with Crippen molar-refractivity contribution in [2.45, 2.75) is 39.5 Å². The number of nitrogens with two attached hydrogens (primary N) is 1. The predicted molar refractivity (Wildman–Crippen MR) is 78.4 cm³/mol. The highest BCUT2D eigenvalue weighted by Crippen LogP contribution is 2.30. The maximum Gasteiger partial charge on any atom is 0.232 e. The van der Waals surface area contributed by atoms with Crippen molar-refractivity contribution in [2.75, 3.05) is 13.2 Å². The second-order valence-corrected chi connectivity index (χ2v) is 5.72. The molecule has 1 saturated carbocycles. The van der Waals surface area contributed by atoms with E-state index in [2.05, 4.69) is 11.1 Å². The van der Waals surface area contributed by atoms with Crippen LogP contribution in [0.2, 0.25) is 0 Å². The fourth-order valence-corrected chi connectivity index (χ4v) is 3.04. The molecule has 1 aromatic heterocycles. The lowest BCUT2D eigenvalue weighted by atomic mass is 9.80. The summed E-state index contributed by atoms with van der Waals surface area (Å²) < 4.78 is 5.87. The Morgan fingerprint density at radius 3 is 2.70 bits per heavy atom. The summed E-state index contributed by atoms with van der Waals surface area (Å²) >= 11 is 0. The van der Waals surface area contributed by atoms with Crippen LogP contribution in [0.4, 0.5) is 0 Å². The van der Waals surface area contributed by atoms with Crippen molar-refractivity contribution >= 4 is 0 Å². The summed E-state index contributed by atoms with van der Waals surface area (Å²) in [6, 6.07) is 4.10. The summed E-state index contributed by atoms with van der Waals surface area (Å²) in [5.41, 5.74) is 8.20. The molecule has 2 unspecified atom stereocenters. The second-order valence-electron chi connectivity index (χ2n) is 5.72. The van der Waals surface area contributed by atoms with Gasteiger partial charge in [-0.25, -0.2) is 4.98 Å². The van der Waals surface area contributed by atoms with Crippen molar-refractivity contribution in [3.63, 3.8) is 0 Å². The van der Waals surface area contributed by atoms with Gasteiger partial charge in [0.2, 0.25) is 5.88 Å². The van der Waals surface area contributed by atoms with Gasteiger partial charge < -0.3 is 10.5 Å². The molecule has 0 aromatic carbocycles. The minimum atomic E-state index is 0.478. The van der Waals surface area contributed by atoms with Crippen LogP contribution in [0.1, 0.15) is 42.5 Å². The van der Waals surface area contributed by atoms with E-state index in [9.17, 15) is 5.26 Å². The smallest absolute Gasteiger partial charge is 0.232 e. The van der Waals surface area contributed by atoms with Crippen molar-refractivity contribution in [1.29, 1.82) is 5.26 Å². The lowest BCUT2D eigenvalue weighted by molar-refractivity contribution is 0.149. The number of ether oxygens (including phenoxy) is 1. The van der Waals surface area contributed by atoms with Crippen LogP contribution < -0.4 is 10.5 Å². The van der Waals surface area contributed by atoms with Crippen LogP contribution >= 0.6 is 0 Å². The number of nitrogens with zero attached hydrogens (tertiary/aromatic N) is 2. The summed E-state index contributed by atoms with van der Waals surface area (Å²) in [5, 5.41) is 9.24. The topological polar surface area (TPSA) is 71.9 Å². The zero-order valence-electron chi connectivity index (χ0n) is 12.4. The molecule has 0 bridgehead atoms. The van der Waals surface area contributed by atoms with Gasteiger partial charge in [-0.2, -0.15) is 5.26 Å². The maximum atomic E-state index is 9.24. The van der Waals surface area contributed by atoms with Gasteiger partial charge in [0.1, 0.15) is 11.6 Å². The highest BCUT2D eigenvalue weighted by Gasteiger charge is 2.25. The third-order valence-corrected chi connectivity index (χ3v) is 4.23. The van der Waals surface area contributed by atoms with Gasteiger partial charge in [0.15, 0.2) is 0 Å². The quantitative estimate of drug-likeness (QED) is 0.915. The van der Waals surface area contributed by atoms with Crippen LogP contribution in [-0.4, -0.2) is 18.1 Å². The molecule has 0 radical (unpaired) electrons. The van der Waals surface area contributed by atoms with Crippen LogP contribution in [0.3, 0.4) is 0 Å². The Kier molecular flexibility index (Phi) is 4.97. The maximum absolute atomic E-state index is 9.24. The Labute approximate surface area is 121 Å². The molecule has 2 rings (SSSR count). The highest BCUT2D eigenvalue weighted by molar-refractivity contribution is 5.45. The van der Waals surface area contributed by atoms with Crippen LogP contribution in [0.25, 0.3) is 0 Å². The van der Waals surface area contributed by atoms with Gasteiger partial charge in [-0.05, 0) is 56.7 Å². The summed E-state index contributed by atoms with van der Waals surface area (Å²) in [6.07, 6.45) is 4.87. The average molecular weight is 273 g/mol. The monoisotopic (exact) mass is 273 g/mol. The van der Waals surface area contributed by atoms with Crippen molar-refractivity contribution in [1.82, 2.24) is 4.98 Å². The molecule has 20 heavy (non-hydrogen) atoms. The number of rotatable bonds is 4. The van der Waals surface area contributed by atoms with Gasteiger partial charge in [-0.1, -0.05) is 12.8 Å². The largest absolute Gasteiger partial charge is 0.476 e. The minimum absolute atomic E-state index is 0.478. The number of hydrogen-bond donors (Lipinski definition) is 1. The van der Waals surface area contributed by atoms with E-state index < -0.39 is 0 Å². The Morgan fingerprint density at radius 1 is 1.35 bits per heavy atom. The van der Waals surface area contributed by atoms with Crippen molar-refractivity contribution in [2.24, 2.45) is 17.6 Å². The van der Waals surface area contributed by atoms with E-state index in [1.165, 1.54) is 19.3 Å². The van der Waals surface area contributed by atoms with E-state index in [4.69, 9.17) is 10.5 Å². The van der Waals surface area contributed by atoms with E-state index in [-0.39, 0.29) is 0 Å². The van der Waals surface area contributed by atoms with Crippen LogP contribution in [0.5, 0.6) is 5.88 Å². The number of aromatic nitrogens is 1. The van der Waals surface area contributed by atoms with Gasteiger partial charge in [-0.15, -0.1) is 0 Å². The molecule has 1 aliphatic rings. The zero-order chi connectivity index (χ0) is 14.5. The Bertz CT molecular complexity index is 507. The van der Waals surface area contributed by atoms with Crippen LogP contribution in [0.15, 0.2) is 6.07 Å². The lowest BCUT2D eigenvalue weighted by Gasteiger charge is -2.30. The Morgan fingerprint density at radius 2 is 2.05 bits per heavy atom. The van der Waals surface area contributed by atoms with E-state index in [0.29, 0.717) is 29.9 Å². The minimum Gasteiger partial charge on any atom is -0.476 e. The number of aryl methyl sites for hydroxylation is 2. The van der Waals surface area contributed by atoms with E-state index >= 15 is 0 Å². The van der Waals surface area contributed by atoms with Crippen molar-refractivity contribution in [3.8, 4) is 11.9 Å². The molecule has 2 atom stereocenters. The van der Waals surface area contributed by atoms with Crippen molar-refractivity contribution < 1.29 is 4.74 Å². The Balaban J connectivity index is 2.09. The summed E-state index contributed by atoms with van der Waals surface area (Å²) in [4.78, 5) is 4.36. The van der Waals surface area contributed by atoms with Gasteiger partial charge in [0.25, 0.3) is 0 Å². The fourth-order valence-electron chi connectivity index (χ4n) is 3.04. The third-order valence-electron chi connectivity index (χ3n) is 4.23. The molecular formula is C16H23N3O. The molecule has 1 aliphatic carbocycles. The number of nitriles is 1. The highest BCUT2D eigenvalue weighted by atomic mass is 16.5. The molecule has 1 fully saturated rings. The summed E-state index contributed by atoms with van der Waals surface area (Å²) in [7, 11) is 0. The lowest BCUT2D eigenvalue weighted by Crippen LogP contribution is -2.31. The molecule has 1 aromatic rings. The molecule has 108 valence electrons. The van der Waals surface area contributed by atoms with E-state index in [1.807, 2.05) is 19.9 Å². The van der Waals surface area contributed by atoms with Crippen LogP contribution in [-0.2, 0) is 0 Å². The fraction of sp³-hybridized carbons (Fsp3) is 0.625. The van der Waals surface area contributed by atoms with Gasteiger partial charge >= 0.3 is 0 Å². The first-order valence-electron chi connectivity index (χ1n) is 7.37. The summed E-state index contributed by atoms with van der Waals surface area (Å²) in [6.45, 7) is 5.18. The van der Waals surface area contributed by atoms with Gasteiger partial charge in [-0.3, -0.25) is 0 Å². The first kappa shape index (κ1) is 14.8. The molecule has 2 N–H and O–H groups in total. The molecule has 4 heteroatoms. The second kappa shape index (κ2) is 6.71. The predicted octanol–water partition coefficient (Wildman–Crippen LogP) is 2.71. The average Bonchev–Trinajstić information content (AvgIpc) is 2.45.